The summed E-state index contributed by atoms with van der Waals surface area (Å²) < 4.78 is 0.679. The highest BCUT2D eigenvalue weighted by atomic mass is 127. The first-order valence-corrected chi connectivity index (χ1v) is 12.3. The molecule has 32 heavy (non-hydrogen) atoms. The Balaban J connectivity index is 1.76. The Morgan fingerprint density at radius 1 is 1.31 bits per heavy atom. The molecule has 168 valence electrons. The molecular formula is C23H26ClIN6O. The highest BCUT2D eigenvalue weighted by Crippen LogP contribution is 2.39. The van der Waals surface area contributed by atoms with Gasteiger partial charge in [0.05, 0.1) is 5.56 Å². The highest BCUT2D eigenvalue weighted by Gasteiger charge is 2.37. The summed E-state index contributed by atoms with van der Waals surface area (Å²) in [6.07, 6.45) is 7.09. The number of guanidine groups is 1. The standard InChI is InChI=1S/C23H26ClIN6O/c1-27-22(30-15-26)31-18-7-10-23(11-8-18,17-5-3-2-4-6-17)14-29-21(32)19-16(13-25)9-12-28-20(19)24/h2-6,9,12,18H,7-8,10-11,13-14H2,1H3,(H,29,32)(H2,27,30,31). The number of rotatable bonds is 6. The van der Waals surface area contributed by atoms with E-state index in [-0.39, 0.29) is 22.5 Å². The zero-order chi connectivity index (χ0) is 23.0. The fourth-order valence-corrected chi connectivity index (χ4v) is 5.14. The first-order chi connectivity index (χ1) is 15.5. The van der Waals surface area contributed by atoms with E-state index in [0.29, 0.717) is 22.5 Å². The molecule has 0 spiro atoms. The number of amides is 1. The maximum atomic E-state index is 13.1. The highest BCUT2D eigenvalue weighted by molar-refractivity contribution is 14.1. The summed E-state index contributed by atoms with van der Waals surface area (Å²) in [7, 11) is 1.65. The summed E-state index contributed by atoms with van der Waals surface area (Å²) in [4.78, 5) is 21.2. The lowest BCUT2D eigenvalue weighted by atomic mass is 9.68. The number of nitriles is 1. The monoisotopic (exact) mass is 564 g/mol. The second-order valence-electron chi connectivity index (χ2n) is 7.83. The number of nitrogens with zero attached hydrogens (tertiary/aromatic N) is 3. The largest absolute Gasteiger partial charge is 0.353 e. The molecule has 1 fully saturated rings. The summed E-state index contributed by atoms with van der Waals surface area (Å²) in [5.74, 6) is 0.291. The van der Waals surface area contributed by atoms with Gasteiger partial charge in [-0.1, -0.05) is 64.5 Å². The summed E-state index contributed by atoms with van der Waals surface area (Å²) in [5, 5.41) is 18.1. The van der Waals surface area contributed by atoms with E-state index in [2.05, 4.69) is 60.7 Å². The van der Waals surface area contributed by atoms with Gasteiger partial charge in [-0.2, -0.15) is 5.26 Å². The van der Waals surface area contributed by atoms with Crippen LogP contribution in [0.1, 0.15) is 47.2 Å². The topological polar surface area (TPSA) is 102 Å². The Bertz CT molecular complexity index is 999. The number of hydrogen-bond donors (Lipinski definition) is 3. The summed E-state index contributed by atoms with van der Waals surface area (Å²) in [5.41, 5.74) is 2.36. The van der Waals surface area contributed by atoms with E-state index in [0.717, 1.165) is 31.2 Å². The van der Waals surface area contributed by atoms with Gasteiger partial charge in [0.25, 0.3) is 5.91 Å². The van der Waals surface area contributed by atoms with E-state index in [9.17, 15) is 4.79 Å². The number of aliphatic imine (C=N–C) groups is 1. The lowest BCUT2D eigenvalue weighted by Gasteiger charge is -2.41. The van der Waals surface area contributed by atoms with Gasteiger partial charge in [-0.25, -0.2) is 4.98 Å². The fourth-order valence-electron chi connectivity index (χ4n) is 4.24. The van der Waals surface area contributed by atoms with Gasteiger partial charge in [0.15, 0.2) is 6.19 Å². The summed E-state index contributed by atoms with van der Waals surface area (Å²) in [6, 6.07) is 12.4. The molecule has 7 nitrogen and oxygen atoms in total. The number of carbonyl (C=O) groups is 1. The smallest absolute Gasteiger partial charge is 0.254 e. The summed E-state index contributed by atoms with van der Waals surface area (Å²) in [6.45, 7) is 0.514. The molecule has 3 N–H and O–H groups in total. The van der Waals surface area contributed by atoms with Crippen LogP contribution < -0.4 is 16.0 Å². The van der Waals surface area contributed by atoms with Gasteiger partial charge in [-0.3, -0.25) is 15.1 Å². The van der Waals surface area contributed by atoms with Gasteiger partial charge in [0.2, 0.25) is 5.96 Å². The molecule has 0 saturated heterocycles. The summed E-state index contributed by atoms with van der Waals surface area (Å²) >= 11 is 8.48. The van der Waals surface area contributed by atoms with Crippen LogP contribution in [0.2, 0.25) is 5.15 Å². The lowest BCUT2D eigenvalue weighted by Crippen LogP contribution is -2.49. The minimum absolute atomic E-state index is 0.180. The quantitative estimate of drug-likeness (QED) is 0.0939. The van der Waals surface area contributed by atoms with Crippen LogP contribution in [0.4, 0.5) is 0 Å². The third-order valence-electron chi connectivity index (χ3n) is 6.02. The zero-order valence-electron chi connectivity index (χ0n) is 17.9. The Morgan fingerprint density at radius 3 is 2.66 bits per heavy atom. The van der Waals surface area contributed by atoms with Gasteiger partial charge in [0, 0.05) is 35.7 Å². The fraction of sp³-hybridized carbons (Fsp3) is 0.391. The van der Waals surface area contributed by atoms with E-state index in [1.807, 2.05) is 30.5 Å². The van der Waals surface area contributed by atoms with E-state index in [1.165, 1.54) is 5.56 Å². The Labute approximate surface area is 207 Å². The number of alkyl halides is 1. The number of carbonyl (C=O) groups excluding carboxylic acids is 1. The third-order valence-corrected chi connectivity index (χ3v) is 7.13. The molecule has 1 heterocycles. The predicted molar refractivity (Wildman–Crippen MR) is 135 cm³/mol. The number of benzene rings is 1. The van der Waals surface area contributed by atoms with Crippen LogP contribution in [0.5, 0.6) is 0 Å². The molecule has 0 aliphatic heterocycles. The first-order valence-electron chi connectivity index (χ1n) is 10.4. The van der Waals surface area contributed by atoms with Crippen molar-refractivity contribution in [1.82, 2.24) is 20.9 Å². The maximum absolute atomic E-state index is 13.1. The van der Waals surface area contributed by atoms with Gasteiger partial charge < -0.3 is 10.6 Å². The van der Waals surface area contributed by atoms with E-state index in [1.54, 1.807) is 13.2 Å². The Kier molecular flexibility index (Phi) is 8.70. The first kappa shape index (κ1) is 24.3. The SMILES string of the molecule is CN=C(NC#N)NC1CCC(CNC(=O)c2c(CI)ccnc2Cl)(c2ccccc2)CC1. The van der Waals surface area contributed by atoms with Crippen molar-refractivity contribution in [1.29, 1.82) is 5.26 Å². The number of pyridine rings is 1. The molecule has 9 heteroatoms. The number of hydrogen-bond acceptors (Lipinski definition) is 4. The van der Waals surface area contributed by atoms with Crippen LogP contribution in [0.15, 0.2) is 47.6 Å². The molecule has 1 aromatic carbocycles. The van der Waals surface area contributed by atoms with Crippen molar-refractivity contribution in [3.8, 4) is 6.19 Å². The van der Waals surface area contributed by atoms with Crippen LogP contribution in [-0.4, -0.2) is 36.5 Å². The molecule has 0 radical (unpaired) electrons. The minimum Gasteiger partial charge on any atom is -0.353 e. The van der Waals surface area contributed by atoms with Crippen molar-refractivity contribution in [3.05, 3.63) is 64.4 Å². The number of aromatic nitrogens is 1. The molecule has 1 aromatic heterocycles. The molecule has 1 saturated carbocycles. The second-order valence-corrected chi connectivity index (χ2v) is 8.95. The van der Waals surface area contributed by atoms with Crippen molar-refractivity contribution in [2.45, 2.75) is 41.6 Å². The minimum atomic E-state index is -0.191. The van der Waals surface area contributed by atoms with E-state index < -0.39 is 0 Å². The molecular weight excluding hydrogens is 539 g/mol. The zero-order valence-corrected chi connectivity index (χ0v) is 20.8. The molecule has 0 bridgehead atoms. The van der Waals surface area contributed by atoms with Gasteiger partial charge in [0.1, 0.15) is 5.15 Å². The molecule has 0 atom stereocenters. The van der Waals surface area contributed by atoms with Gasteiger partial charge in [-0.05, 0) is 42.9 Å². The molecule has 2 aromatic rings. The molecule has 0 unspecified atom stereocenters. The number of halogens is 2. The van der Waals surface area contributed by atoms with Crippen LogP contribution in [0.3, 0.4) is 0 Å². The van der Waals surface area contributed by atoms with Crippen LogP contribution in [0, 0.1) is 11.5 Å². The van der Waals surface area contributed by atoms with Gasteiger partial charge >= 0.3 is 0 Å². The van der Waals surface area contributed by atoms with Crippen molar-refractivity contribution in [2.24, 2.45) is 4.99 Å². The average Bonchev–Trinajstić information content (AvgIpc) is 2.83. The normalized spacial score (nSPS) is 20.8. The van der Waals surface area contributed by atoms with Crippen LogP contribution in [0.25, 0.3) is 0 Å². The molecule has 1 aliphatic rings. The van der Waals surface area contributed by atoms with Crippen molar-refractivity contribution >= 4 is 46.1 Å². The van der Waals surface area contributed by atoms with Gasteiger partial charge in [-0.15, -0.1) is 0 Å². The predicted octanol–water partition coefficient (Wildman–Crippen LogP) is 3.93. The molecule has 3 rings (SSSR count). The van der Waals surface area contributed by atoms with Crippen molar-refractivity contribution in [3.63, 3.8) is 0 Å². The third kappa shape index (κ3) is 5.70. The molecule has 1 aliphatic carbocycles. The Hall–Kier alpha value is -2.38. The van der Waals surface area contributed by atoms with E-state index >= 15 is 0 Å². The maximum Gasteiger partial charge on any atom is 0.254 e. The van der Waals surface area contributed by atoms with Crippen molar-refractivity contribution < 1.29 is 4.79 Å². The number of nitrogens with one attached hydrogen (secondary N) is 3. The Morgan fingerprint density at radius 2 is 2.03 bits per heavy atom. The lowest BCUT2D eigenvalue weighted by molar-refractivity contribution is 0.0934. The van der Waals surface area contributed by atoms with Crippen LogP contribution >= 0.6 is 34.2 Å². The average molecular weight is 565 g/mol. The van der Waals surface area contributed by atoms with Crippen molar-refractivity contribution in [2.75, 3.05) is 13.6 Å². The van der Waals surface area contributed by atoms with E-state index in [4.69, 9.17) is 16.9 Å². The van der Waals surface area contributed by atoms with Crippen LogP contribution in [-0.2, 0) is 9.84 Å². The molecule has 1 amide bonds. The second kappa shape index (κ2) is 11.5.